The summed E-state index contributed by atoms with van der Waals surface area (Å²) in [7, 11) is 1.44. The minimum Gasteiger partial charge on any atom is -0.483 e. The molecule has 1 aliphatic heterocycles. The van der Waals surface area contributed by atoms with Gasteiger partial charge in [0, 0.05) is 31.7 Å². The van der Waals surface area contributed by atoms with Crippen LogP contribution in [-0.4, -0.2) is 51.5 Å². The van der Waals surface area contributed by atoms with Crippen LogP contribution in [0.1, 0.15) is 28.7 Å². The van der Waals surface area contributed by atoms with Crippen LogP contribution in [0.15, 0.2) is 29.1 Å². The van der Waals surface area contributed by atoms with E-state index >= 15 is 0 Å². The molecule has 1 fully saturated rings. The van der Waals surface area contributed by atoms with Crippen molar-refractivity contribution in [3.8, 4) is 5.75 Å². The zero-order chi connectivity index (χ0) is 22.3. The third-order valence-electron chi connectivity index (χ3n) is 5.51. The van der Waals surface area contributed by atoms with Gasteiger partial charge < -0.3 is 15.0 Å². The molecule has 0 saturated carbocycles. The molecule has 0 aliphatic carbocycles. The molecule has 4 rings (SSSR count). The summed E-state index contributed by atoms with van der Waals surface area (Å²) in [5, 5.41) is 2.38. The van der Waals surface area contributed by atoms with Gasteiger partial charge in [-0.3, -0.25) is 14.5 Å². The van der Waals surface area contributed by atoms with Gasteiger partial charge in [-0.1, -0.05) is 6.07 Å². The summed E-state index contributed by atoms with van der Waals surface area (Å²) in [4.78, 5) is 35.6. The minimum absolute atomic E-state index is 0.0369. The molecule has 1 saturated heterocycles. The van der Waals surface area contributed by atoms with Gasteiger partial charge in [-0.15, -0.1) is 0 Å². The van der Waals surface area contributed by atoms with E-state index in [2.05, 4.69) is 20.3 Å². The first-order valence-electron chi connectivity index (χ1n) is 9.75. The van der Waals surface area contributed by atoms with E-state index in [0.29, 0.717) is 24.2 Å². The molecule has 8 nitrogen and oxygen atoms in total. The molecule has 31 heavy (non-hydrogen) atoms. The molecule has 0 radical (unpaired) electrons. The van der Waals surface area contributed by atoms with Crippen LogP contribution in [0.2, 0.25) is 0 Å². The Hall–Kier alpha value is -3.40. The van der Waals surface area contributed by atoms with Gasteiger partial charge in [0.1, 0.15) is 23.0 Å². The van der Waals surface area contributed by atoms with E-state index in [1.54, 1.807) is 19.1 Å². The maximum absolute atomic E-state index is 14.9. The fraction of sp³-hybridized carbons (Fsp3) is 0.333. The van der Waals surface area contributed by atoms with Crippen molar-refractivity contribution in [1.82, 2.24) is 25.2 Å². The van der Waals surface area contributed by atoms with Crippen molar-refractivity contribution in [3.05, 3.63) is 63.3 Å². The van der Waals surface area contributed by atoms with Crippen LogP contribution >= 0.6 is 0 Å². The van der Waals surface area contributed by atoms with Crippen molar-refractivity contribution >= 4 is 16.9 Å². The molecule has 0 bridgehead atoms. The van der Waals surface area contributed by atoms with Crippen molar-refractivity contribution in [2.24, 2.45) is 0 Å². The molecule has 2 atom stereocenters. The Kier molecular flexibility index (Phi) is 5.40. The van der Waals surface area contributed by atoms with Crippen LogP contribution in [-0.2, 0) is 6.54 Å². The number of likely N-dealkylation sites (tertiary alicyclic amines) is 1. The van der Waals surface area contributed by atoms with Gasteiger partial charge in [-0.2, -0.15) is 4.39 Å². The normalized spacial score (nSPS) is 18.6. The van der Waals surface area contributed by atoms with Crippen LogP contribution in [0.4, 0.5) is 8.78 Å². The third-order valence-corrected chi connectivity index (χ3v) is 5.51. The summed E-state index contributed by atoms with van der Waals surface area (Å²) >= 11 is 0. The Morgan fingerprint density at radius 1 is 1.29 bits per heavy atom. The molecule has 0 spiro atoms. The zero-order valence-corrected chi connectivity index (χ0v) is 17.2. The quantitative estimate of drug-likeness (QED) is 0.601. The average molecular weight is 429 g/mol. The van der Waals surface area contributed by atoms with E-state index in [1.807, 2.05) is 11.8 Å². The third kappa shape index (κ3) is 3.86. The Morgan fingerprint density at radius 2 is 2.06 bits per heavy atom. The molecule has 1 aromatic carbocycles. The highest BCUT2D eigenvalue weighted by Gasteiger charge is 2.38. The van der Waals surface area contributed by atoms with Crippen molar-refractivity contribution in [2.45, 2.75) is 32.5 Å². The van der Waals surface area contributed by atoms with Crippen molar-refractivity contribution in [3.63, 3.8) is 0 Å². The van der Waals surface area contributed by atoms with Gasteiger partial charge in [0.25, 0.3) is 17.4 Å². The maximum atomic E-state index is 14.9. The molecular formula is C21H21F2N5O3. The lowest BCUT2D eigenvalue weighted by Gasteiger charge is -2.45. The zero-order valence-electron chi connectivity index (χ0n) is 17.2. The number of aromatic nitrogens is 3. The first-order chi connectivity index (χ1) is 14.8. The lowest BCUT2D eigenvalue weighted by Crippen LogP contribution is -2.60. The van der Waals surface area contributed by atoms with Gasteiger partial charge in [0.15, 0.2) is 11.6 Å². The second kappa shape index (κ2) is 8.03. The number of carbonyl (C=O) groups is 1. The van der Waals surface area contributed by atoms with Gasteiger partial charge in [0.2, 0.25) is 0 Å². The van der Waals surface area contributed by atoms with E-state index in [9.17, 15) is 18.4 Å². The molecular weight excluding hydrogens is 408 g/mol. The molecule has 10 heteroatoms. The average Bonchev–Trinajstić information content (AvgIpc) is 2.76. The Labute approximate surface area is 176 Å². The standard InChI is InChI=1S/C21H21F2N5O3/c1-10-20(29)27-18-13(25-10)5-4-12(17(18)22)8-28-9-16(11(28)2)31-15-7-6-14(21(30)24-3)26-19(15)23/h4-7,11,16H,8-9H2,1-3H3,(H,24,30)(H,27,29)/t11-,16+/m1/s1. The summed E-state index contributed by atoms with van der Waals surface area (Å²) in [6.07, 6.45) is -0.310. The number of aryl methyl sites for hydroxylation is 1. The Balaban J connectivity index is 1.44. The highest BCUT2D eigenvalue weighted by Crippen LogP contribution is 2.28. The number of rotatable bonds is 5. The summed E-state index contributed by atoms with van der Waals surface area (Å²) in [5.74, 6) is -1.91. The van der Waals surface area contributed by atoms with E-state index in [1.165, 1.54) is 19.2 Å². The Bertz CT molecular complexity index is 1230. The van der Waals surface area contributed by atoms with Crippen LogP contribution < -0.4 is 15.6 Å². The van der Waals surface area contributed by atoms with E-state index < -0.39 is 23.2 Å². The number of benzene rings is 1. The van der Waals surface area contributed by atoms with Crippen LogP contribution in [0.3, 0.4) is 0 Å². The molecule has 2 N–H and O–H groups in total. The molecule has 162 valence electrons. The molecule has 1 amide bonds. The molecule has 3 heterocycles. The van der Waals surface area contributed by atoms with Gasteiger partial charge in [0.05, 0.1) is 5.52 Å². The van der Waals surface area contributed by atoms with Gasteiger partial charge >= 0.3 is 0 Å². The molecule has 0 unspecified atom stereocenters. The van der Waals surface area contributed by atoms with Crippen molar-refractivity contribution in [1.29, 1.82) is 0 Å². The number of fused-ring (bicyclic) bond motifs is 1. The number of hydrogen-bond donors (Lipinski definition) is 2. The second-order valence-corrected chi connectivity index (χ2v) is 7.48. The molecule has 3 aromatic rings. The number of nitrogens with zero attached hydrogens (tertiary/aromatic N) is 3. The number of ether oxygens (including phenoxy) is 1. The predicted octanol–water partition coefficient (Wildman–Crippen LogP) is 1.92. The number of amides is 1. The SMILES string of the molecule is CNC(=O)c1ccc(O[C@H]2CN(Cc3ccc4nc(C)c(=O)[nH]c4c3F)[C@@H]2C)c(F)n1. The minimum atomic E-state index is -0.862. The lowest BCUT2D eigenvalue weighted by molar-refractivity contribution is -0.0437. The number of H-pyrrole nitrogens is 1. The van der Waals surface area contributed by atoms with E-state index in [0.717, 1.165) is 0 Å². The Morgan fingerprint density at radius 3 is 2.74 bits per heavy atom. The maximum Gasteiger partial charge on any atom is 0.269 e. The predicted molar refractivity (Wildman–Crippen MR) is 109 cm³/mol. The van der Waals surface area contributed by atoms with Crippen molar-refractivity contribution in [2.75, 3.05) is 13.6 Å². The summed E-state index contributed by atoms with van der Waals surface area (Å²) in [6, 6.07) is 5.97. The first kappa shape index (κ1) is 20.9. The van der Waals surface area contributed by atoms with E-state index in [-0.39, 0.29) is 34.8 Å². The molecule has 2 aromatic heterocycles. The number of carbonyl (C=O) groups excluding carboxylic acids is 1. The number of nitrogens with one attached hydrogen (secondary N) is 2. The van der Waals surface area contributed by atoms with Crippen LogP contribution in [0.5, 0.6) is 5.75 Å². The lowest BCUT2D eigenvalue weighted by atomic mass is 9.99. The monoisotopic (exact) mass is 429 g/mol. The first-order valence-corrected chi connectivity index (χ1v) is 9.75. The number of halogens is 2. The summed E-state index contributed by atoms with van der Waals surface area (Å²) < 4.78 is 34.8. The highest BCUT2D eigenvalue weighted by molar-refractivity contribution is 5.92. The van der Waals surface area contributed by atoms with Crippen LogP contribution in [0, 0.1) is 18.7 Å². The van der Waals surface area contributed by atoms with Gasteiger partial charge in [-0.05, 0) is 32.0 Å². The van der Waals surface area contributed by atoms with Crippen LogP contribution in [0.25, 0.3) is 11.0 Å². The van der Waals surface area contributed by atoms with E-state index in [4.69, 9.17) is 4.74 Å². The van der Waals surface area contributed by atoms with Gasteiger partial charge in [-0.25, -0.2) is 14.4 Å². The second-order valence-electron chi connectivity index (χ2n) is 7.48. The largest absolute Gasteiger partial charge is 0.483 e. The van der Waals surface area contributed by atoms with Crippen molar-refractivity contribution < 1.29 is 18.3 Å². The summed E-state index contributed by atoms with van der Waals surface area (Å²) in [6.45, 7) is 4.22. The topological polar surface area (TPSA) is 100 Å². The number of aromatic amines is 1. The number of hydrogen-bond acceptors (Lipinski definition) is 6. The molecule has 1 aliphatic rings. The number of pyridine rings is 1. The summed E-state index contributed by atoms with van der Waals surface area (Å²) in [5.41, 5.74) is 0.707. The fourth-order valence-electron chi connectivity index (χ4n) is 3.52. The fourth-order valence-corrected chi connectivity index (χ4v) is 3.52. The smallest absolute Gasteiger partial charge is 0.269 e. The highest BCUT2D eigenvalue weighted by atomic mass is 19.1.